The van der Waals surface area contributed by atoms with Crippen LogP contribution in [0.4, 0.5) is 0 Å². The third-order valence-electron chi connectivity index (χ3n) is 3.99. The van der Waals surface area contributed by atoms with Crippen LogP contribution in [0, 0.1) is 6.92 Å². The van der Waals surface area contributed by atoms with E-state index in [1.807, 2.05) is 0 Å². The molecule has 4 nitrogen and oxygen atoms in total. The van der Waals surface area contributed by atoms with Crippen LogP contribution in [0.25, 0.3) is 0 Å². The average molecular weight is 265 g/mol. The lowest BCUT2D eigenvalue weighted by Crippen LogP contribution is -2.35. The van der Waals surface area contributed by atoms with Crippen LogP contribution in [-0.4, -0.2) is 48.0 Å². The second-order valence-electron chi connectivity index (χ2n) is 5.86. The Labute approximate surface area is 116 Å². The minimum atomic E-state index is 0.454. The van der Waals surface area contributed by atoms with E-state index in [4.69, 9.17) is 4.74 Å². The Balaban J connectivity index is 1.97. The van der Waals surface area contributed by atoms with Gasteiger partial charge in [-0.1, -0.05) is 0 Å². The number of hydrogen-bond acceptors (Lipinski definition) is 3. The van der Waals surface area contributed by atoms with E-state index in [0.29, 0.717) is 12.0 Å². The molecular formula is C15H27N3O. The molecule has 0 amide bonds. The van der Waals surface area contributed by atoms with E-state index in [1.54, 1.807) is 7.11 Å². The Morgan fingerprint density at radius 1 is 1.37 bits per heavy atom. The smallest absolute Gasteiger partial charge is 0.0596 e. The lowest BCUT2D eigenvalue weighted by Gasteiger charge is -2.32. The zero-order valence-electron chi connectivity index (χ0n) is 12.7. The zero-order chi connectivity index (χ0) is 13.8. The van der Waals surface area contributed by atoms with Crippen LogP contribution < -0.4 is 0 Å². The molecule has 19 heavy (non-hydrogen) atoms. The Hall–Kier alpha value is -0.870. The van der Waals surface area contributed by atoms with Gasteiger partial charge in [0.15, 0.2) is 0 Å². The summed E-state index contributed by atoms with van der Waals surface area (Å²) >= 11 is 0. The van der Waals surface area contributed by atoms with Crippen molar-refractivity contribution in [2.24, 2.45) is 0 Å². The highest BCUT2D eigenvalue weighted by Crippen LogP contribution is 2.29. The summed E-state index contributed by atoms with van der Waals surface area (Å²) in [6, 6.07) is 2.73. The third-order valence-corrected chi connectivity index (χ3v) is 3.99. The summed E-state index contributed by atoms with van der Waals surface area (Å²) in [6.45, 7) is 10.8. The fourth-order valence-electron chi connectivity index (χ4n) is 2.93. The summed E-state index contributed by atoms with van der Waals surface area (Å²) in [5, 5.41) is 4.64. The number of aryl methyl sites for hydroxylation is 1. The van der Waals surface area contributed by atoms with Gasteiger partial charge in [-0.25, -0.2) is 0 Å². The minimum absolute atomic E-state index is 0.454. The second kappa shape index (κ2) is 6.53. The quantitative estimate of drug-likeness (QED) is 0.820. The molecule has 0 aliphatic carbocycles. The van der Waals surface area contributed by atoms with Gasteiger partial charge < -0.3 is 9.64 Å². The number of ether oxygens (including phenoxy) is 1. The predicted molar refractivity (Wildman–Crippen MR) is 77.6 cm³/mol. The minimum Gasteiger partial charge on any atom is -0.383 e. The van der Waals surface area contributed by atoms with Crippen molar-refractivity contribution >= 4 is 0 Å². The molecule has 2 heterocycles. The number of nitrogens with zero attached hydrogens (tertiary/aromatic N) is 3. The van der Waals surface area contributed by atoms with Gasteiger partial charge >= 0.3 is 0 Å². The average Bonchev–Trinajstić information content (AvgIpc) is 2.79. The Morgan fingerprint density at radius 3 is 2.63 bits per heavy atom. The summed E-state index contributed by atoms with van der Waals surface area (Å²) < 4.78 is 7.37. The SMILES string of the molecule is COCCN1CCC(c2cc(C)nn2C(C)C)CC1. The number of hydrogen-bond donors (Lipinski definition) is 0. The van der Waals surface area contributed by atoms with Crippen molar-refractivity contribution in [3.63, 3.8) is 0 Å². The van der Waals surface area contributed by atoms with Crippen LogP contribution in [0.15, 0.2) is 6.07 Å². The Morgan fingerprint density at radius 2 is 2.05 bits per heavy atom. The van der Waals surface area contributed by atoms with E-state index in [9.17, 15) is 0 Å². The predicted octanol–water partition coefficient (Wildman–Crippen LogP) is 2.60. The molecule has 0 saturated carbocycles. The Bertz CT molecular complexity index is 392. The van der Waals surface area contributed by atoms with Crippen LogP contribution in [0.5, 0.6) is 0 Å². The molecule has 108 valence electrons. The van der Waals surface area contributed by atoms with Gasteiger partial charge in [0.25, 0.3) is 0 Å². The molecule has 1 fully saturated rings. The number of aromatic nitrogens is 2. The maximum atomic E-state index is 5.15. The maximum Gasteiger partial charge on any atom is 0.0596 e. The first-order valence-electron chi connectivity index (χ1n) is 7.39. The van der Waals surface area contributed by atoms with Crippen molar-refractivity contribution in [2.45, 2.75) is 45.6 Å². The van der Waals surface area contributed by atoms with Gasteiger partial charge in [-0.2, -0.15) is 5.10 Å². The lowest BCUT2D eigenvalue weighted by atomic mass is 9.93. The van der Waals surface area contributed by atoms with Gasteiger partial charge in [-0.05, 0) is 52.8 Å². The van der Waals surface area contributed by atoms with Gasteiger partial charge in [-0.15, -0.1) is 0 Å². The summed E-state index contributed by atoms with van der Waals surface area (Å²) in [6.07, 6.45) is 2.48. The lowest BCUT2D eigenvalue weighted by molar-refractivity contribution is 0.129. The molecular weight excluding hydrogens is 238 g/mol. The molecule has 0 N–H and O–H groups in total. The van der Waals surface area contributed by atoms with Gasteiger partial charge in [0.05, 0.1) is 12.3 Å². The Kier molecular flexibility index (Phi) is 4.99. The van der Waals surface area contributed by atoms with Crippen LogP contribution >= 0.6 is 0 Å². The molecule has 0 atom stereocenters. The highest BCUT2D eigenvalue weighted by Gasteiger charge is 2.24. The zero-order valence-corrected chi connectivity index (χ0v) is 12.7. The molecule has 0 unspecified atom stereocenters. The van der Waals surface area contributed by atoms with Crippen LogP contribution in [0.3, 0.4) is 0 Å². The molecule has 1 aromatic rings. The van der Waals surface area contributed by atoms with Crippen molar-refractivity contribution in [3.8, 4) is 0 Å². The first-order chi connectivity index (χ1) is 9.11. The second-order valence-corrected chi connectivity index (χ2v) is 5.86. The maximum absolute atomic E-state index is 5.15. The van der Waals surface area contributed by atoms with Crippen molar-refractivity contribution in [1.29, 1.82) is 0 Å². The van der Waals surface area contributed by atoms with Crippen LogP contribution in [0.2, 0.25) is 0 Å². The molecule has 4 heteroatoms. The summed E-state index contributed by atoms with van der Waals surface area (Å²) in [4.78, 5) is 2.50. The van der Waals surface area contributed by atoms with E-state index < -0.39 is 0 Å². The van der Waals surface area contributed by atoms with Crippen LogP contribution in [-0.2, 0) is 4.74 Å². The van der Waals surface area contributed by atoms with Crippen molar-refractivity contribution < 1.29 is 4.74 Å². The molecule has 0 bridgehead atoms. The molecule has 0 aromatic carbocycles. The first kappa shape index (κ1) is 14.5. The van der Waals surface area contributed by atoms with E-state index in [0.717, 1.165) is 18.8 Å². The standard InChI is InChI=1S/C15H27N3O/c1-12(2)18-15(11-13(3)16-18)14-5-7-17(8-6-14)9-10-19-4/h11-12,14H,5-10H2,1-4H3. The monoisotopic (exact) mass is 265 g/mol. The first-order valence-corrected chi connectivity index (χ1v) is 7.39. The molecule has 1 saturated heterocycles. The van der Waals surface area contributed by atoms with Gasteiger partial charge in [0, 0.05) is 31.3 Å². The molecule has 2 rings (SSSR count). The van der Waals surface area contributed by atoms with Crippen molar-refractivity contribution in [1.82, 2.24) is 14.7 Å². The topological polar surface area (TPSA) is 30.3 Å². The fourth-order valence-corrected chi connectivity index (χ4v) is 2.93. The number of rotatable bonds is 5. The van der Waals surface area contributed by atoms with Gasteiger partial charge in [-0.3, -0.25) is 4.68 Å². The highest BCUT2D eigenvalue weighted by molar-refractivity contribution is 5.15. The van der Waals surface area contributed by atoms with E-state index >= 15 is 0 Å². The highest BCUT2D eigenvalue weighted by atomic mass is 16.5. The van der Waals surface area contributed by atoms with Crippen molar-refractivity contribution in [2.75, 3.05) is 33.4 Å². The molecule has 1 aromatic heterocycles. The third kappa shape index (κ3) is 3.57. The largest absolute Gasteiger partial charge is 0.383 e. The summed E-state index contributed by atoms with van der Waals surface area (Å²) in [5.74, 6) is 0.669. The van der Waals surface area contributed by atoms with Gasteiger partial charge in [0.2, 0.25) is 0 Å². The normalized spacial score (nSPS) is 18.4. The van der Waals surface area contributed by atoms with Crippen LogP contribution in [0.1, 0.15) is 50.0 Å². The summed E-state index contributed by atoms with van der Waals surface area (Å²) in [7, 11) is 1.77. The van der Waals surface area contributed by atoms with Crippen molar-refractivity contribution in [3.05, 3.63) is 17.5 Å². The number of likely N-dealkylation sites (tertiary alicyclic amines) is 1. The van der Waals surface area contributed by atoms with Gasteiger partial charge in [0.1, 0.15) is 0 Å². The molecule has 0 radical (unpaired) electrons. The number of methoxy groups -OCH3 is 1. The summed E-state index contributed by atoms with van der Waals surface area (Å²) in [5.41, 5.74) is 2.57. The fraction of sp³-hybridized carbons (Fsp3) is 0.800. The molecule has 1 aliphatic heterocycles. The molecule has 1 aliphatic rings. The van der Waals surface area contributed by atoms with E-state index in [1.165, 1.54) is 31.6 Å². The molecule has 0 spiro atoms. The van der Waals surface area contributed by atoms with E-state index in [2.05, 4.69) is 41.5 Å². The van der Waals surface area contributed by atoms with E-state index in [-0.39, 0.29) is 0 Å². The number of piperidine rings is 1.